The minimum atomic E-state index is -4.15. The SMILES string of the molecule is OCCC1CC=C(C(F)(F)F)CC1. The van der Waals surface area contributed by atoms with Crippen LogP contribution in [0.4, 0.5) is 13.2 Å². The predicted molar refractivity (Wildman–Crippen MR) is 43.2 cm³/mol. The molecular formula is C9H13F3O. The fourth-order valence-electron chi connectivity index (χ4n) is 1.59. The predicted octanol–water partition coefficient (Wildman–Crippen LogP) is 2.66. The average Bonchev–Trinajstić information content (AvgIpc) is 2.04. The van der Waals surface area contributed by atoms with Crippen molar-refractivity contribution in [3.05, 3.63) is 11.6 Å². The lowest BCUT2D eigenvalue weighted by molar-refractivity contribution is -0.0956. The fourth-order valence-corrected chi connectivity index (χ4v) is 1.59. The van der Waals surface area contributed by atoms with Gasteiger partial charge < -0.3 is 5.11 Å². The van der Waals surface area contributed by atoms with Crippen molar-refractivity contribution in [3.63, 3.8) is 0 Å². The van der Waals surface area contributed by atoms with E-state index in [0.717, 1.165) is 0 Å². The standard InChI is InChI=1S/C9H13F3O/c10-9(11,12)8-3-1-7(2-4-8)5-6-13/h3,7,13H,1-2,4-6H2. The monoisotopic (exact) mass is 194 g/mol. The van der Waals surface area contributed by atoms with Crippen molar-refractivity contribution in [2.24, 2.45) is 5.92 Å². The highest BCUT2D eigenvalue weighted by atomic mass is 19.4. The second kappa shape index (κ2) is 4.13. The molecule has 1 N–H and O–H groups in total. The minimum absolute atomic E-state index is 0.0693. The Morgan fingerprint density at radius 3 is 2.54 bits per heavy atom. The van der Waals surface area contributed by atoms with Crippen LogP contribution in [0.25, 0.3) is 0 Å². The lowest BCUT2D eigenvalue weighted by Crippen LogP contribution is -2.17. The number of hydrogen-bond donors (Lipinski definition) is 1. The van der Waals surface area contributed by atoms with Gasteiger partial charge in [0.05, 0.1) is 0 Å². The van der Waals surface area contributed by atoms with Crippen LogP contribution in [0, 0.1) is 5.92 Å². The van der Waals surface area contributed by atoms with Crippen LogP contribution in [-0.2, 0) is 0 Å². The number of hydrogen-bond acceptors (Lipinski definition) is 1. The molecule has 0 heterocycles. The first-order valence-corrected chi connectivity index (χ1v) is 4.41. The molecule has 76 valence electrons. The van der Waals surface area contributed by atoms with Crippen molar-refractivity contribution in [2.45, 2.75) is 31.9 Å². The third kappa shape index (κ3) is 3.03. The molecule has 0 aromatic heterocycles. The van der Waals surface area contributed by atoms with Gasteiger partial charge in [-0.1, -0.05) is 6.08 Å². The third-order valence-corrected chi connectivity index (χ3v) is 2.42. The average molecular weight is 194 g/mol. The van der Waals surface area contributed by atoms with Crippen LogP contribution >= 0.6 is 0 Å². The Kier molecular flexibility index (Phi) is 3.36. The van der Waals surface area contributed by atoms with Crippen molar-refractivity contribution in [1.82, 2.24) is 0 Å². The summed E-state index contributed by atoms with van der Waals surface area (Å²) in [5.41, 5.74) is -0.401. The molecule has 4 heteroatoms. The summed E-state index contributed by atoms with van der Waals surface area (Å²) in [7, 11) is 0. The molecular weight excluding hydrogens is 181 g/mol. The molecule has 0 amide bonds. The molecule has 0 aliphatic heterocycles. The Labute approximate surface area is 75.3 Å². The number of allylic oxidation sites excluding steroid dienone is 2. The molecule has 0 radical (unpaired) electrons. The first kappa shape index (κ1) is 10.6. The zero-order valence-corrected chi connectivity index (χ0v) is 7.27. The van der Waals surface area contributed by atoms with E-state index in [1.165, 1.54) is 6.08 Å². The molecule has 1 aliphatic carbocycles. The van der Waals surface area contributed by atoms with Crippen LogP contribution in [0.5, 0.6) is 0 Å². The Balaban J connectivity index is 2.48. The first-order chi connectivity index (χ1) is 6.04. The van der Waals surface area contributed by atoms with Gasteiger partial charge in [0.1, 0.15) is 0 Å². The number of aliphatic hydroxyl groups excluding tert-OH is 1. The van der Waals surface area contributed by atoms with Gasteiger partial charge in [-0.25, -0.2) is 0 Å². The second-order valence-corrected chi connectivity index (χ2v) is 3.38. The van der Waals surface area contributed by atoms with Crippen molar-refractivity contribution < 1.29 is 18.3 Å². The summed E-state index contributed by atoms with van der Waals surface area (Å²) in [5, 5.41) is 8.60. The quantitative estimate of drug-likeness (QED) is 0.670. The zero-order valence-electron chi connectivity index (χ0n) is 7.27. The zero-order chi connectivity index (χ0) is 9.90. The van der Waals surface area contributed by atoms with Crippen molar-refractivity contribution in [2.75, 3.05) is 6.61 Å². The van der Waals surface area contributed by atoms with E-state index in [-0.39, 0.29) is 18.9 Å². The van der Waals surface area contributed by atoms with Gasteiger partial charge in [0.15, 0.2) is 0 Å². The molecule has 1 aliphatic rings. The molecule has 1 unspecified atom stereocenters. The third-order valence-electron chi connectivity index (χ3n) is 2.42. The van der Waals surface area contributed by atoms with Gasteiger partial charge in [-0.3, -0.25) is 0 Å². The van der Waals surface area contributed by atoms with Crippen LogP contribution in [0.3, 0.4) is 0 Å². The molecule has 1 atom stereocenters. The normalized spacial score (nSPS) is 24.3. The van der Waals surface area contributed by atoms with Gasteiger partial charge >= 0.3 is 6.18 Å². The van der Waals surface area contributed by atoms with E-state index in [2.05, 4.69) is 0 Å². The molecule has 0 saturated heterocycles. The largest absolute Gasteiger partial charge is 0.412 e. The van der Waals surface area contributed by atoms with Crippen LogP contribution in [-0.4, -0.2) is 17.9 Å². The lowest BCUT2D eigenvalue weighted by atomic mass is 9.87. The summed E-state index contributed by atoms with van der Waals surface area (Å²) in [5.74, 6) is 0.232. The van der Waals surface area contributed by atoms with E-state index in [1.54, 1.807) is 0 Å². The molecule has 0 saturated carbocycles. The van der Waals surface area contributed by atoms with Crippen LogP contribution in [0.1, 0.15) is 25.7 Å². The van der Waals surface area contributed by atoms with Gasteiger partial charge in [0.25, 0.3) is 0 Å². The van der Waals surface area contributed by atoms with E-state index in [0.29, 0.717) is 19.3 Å². The summed E-state index contributed by atoms with van der Waals surface area (Å²) in [6.07, 6.45) is -1.16. The molecule has 1 nitrogen and oxygen atoms in total. The summed E-state index contributed by atoms with van der Waals surface area (Å²) in [6.45, 7) is 0.0693. The number of halogens is 3. The highest BCUT2D eigenvalue weighted by Crippen LogP contribution is 2.35. The van der Waals surface area contributed by atoms with E-state index >= 15 is 0 Å². The summed E-state index contributed by atoms with van der Waals surface area (Å²) in [6, 6.07) is 0. The van der Waals surface area contributed by atoms with Crippen molar-refractivity contribution in [1.29, 1.82) is 0 Å². The highest BCUT2D eigenvalue weighted by Gasteiger charge is 2.34. The number of alkyl halides is 3. The highest BCUT2D eigenvalue weighted by molar-refractivity contribution is 5.12. The van der Waals surface area contributed by atoms with Gasteiger partial charge in [0.2, 0.25) is 0 Å². The molecule has 1 rings (SSSR count). The topological polar surface area (TPSA) is 20.2 Å². The smallest absolute Gasteiger partial charge is 0.396 e. The molecule has 0 spiro atoms. The first-order valence-electron chi connectivity index (χ1n) is 4.41. The van der Waals surface area contributed by atoms with E-state index in [9.17, 15) is 13.2 Å². The van der Waals surface area contributed by atoms with Gasteiger partial charge in [-0.2, -0.15) is 13.2 Å². The van der Waals surface area contributed by atoms with E-state index in [4.69, 9.17) is 5.11 Å². The number of rotatable bonds is 2. The van der Waals surface area contributed by atoms with Crippen LogP contribution in [0.2, 0.25) is 0 Å². The summed E-state index contributed by atoms with van der Waals surface area (Å²) < 4.78 is 36.4. The number of aliphatic hydroxyl groups is 1. The van der Waals surface area contributed by atoms with Gasteiger partial charge in [-0.15, -0.1) is 0 Å². The van der Waals surface area contributed by atoms with Crippen LogP contribution in [0.15, 0.2) is 11.6 Å². The second-order valence-electron chi connectivity index (χ2n) is 3.38. The maximum absolute atomic E-state index is 12.1. The Bertz CT molecular complexity index is 196. The van der Waals surface area contributed by atoms with Gasteiger partial charge in [-0.05, 0) is 31.6 Å². The van der Waals surface area contributed by atoms with E-state index < -0.39 is 11.7 Å². The molecule has 0 bridgehead atoms. The molecule has 13 heavy (non-hydrogen) atoms. The van der Waals surface area contributed by atoms with Crippen molar-refractivity contribution >= 4 is 0 Å². The maximum Gasteiger partial charge on any atom is 0.412 e. The Morgan fingerprint density at radius 1 is 1.46 bits per heavy atom. The van der Waals surface area contributed by atoms with Gasteiger partial charge in [0, 0.05) is 12.2 Å². The molecule has 0 fully saturated rings. The maximum atomic E-state index is 12.1. The summed E-state index contributed by atoms with van der Waals surface area (Å²) >= 11 is 0. The van der Waals surface area contributed by atoms with Crippen molar-refractivity contribution in [3.8, 4) is 0 Å². The lowest BCUT2D eigenvalue weighted by Gasteiger charge is -2.22. The Hall–Kier alpha value is -0.510. The van der Waals surface area contributed by atoms with E-state index in [1.807, 2.05) is 0 Å². The fraction of sp³-hybridized carbons (Fsp3) is 0.778. The van der Waals surface area contributed by atoms with Crippen LogP contribution < -0.4 is 0 Å². The molecule has 0 aromatic carbocycles. The minimum Gasteiger partial charge on any atom is -0.396 e. The molecule has 0 aromatic rings. The summed E-state index contributed by atoms with van der Waals surface area (Å²) in [4.78, 5) is 0. The Morgan fingerprint density at radius 2 is 2.15 bits per heavy atom.